The lowest BCUT2D eigenvalue weighted by Gasteiger charge is -2.05. The molecule has 0 saturated carbocycles. The van der Waals surface area contributed by atoms with E-state index in [9.17, 15) is 4.39 Å². The Morgan fingerprint density at radius 2 is 2.21 bits per heavy atom. The molecule has 0 atom stereocenters. The van der Waals surface area contributed by atoms with E-state index in [4.69, 9.17) is 14.4 Å². The van der Waals surface area contributed by atoms with Crippen molar-refractivity contribution in [3.63, 3.8) is 0 Å². The number of aliphatic hydroxyl groups is 1. The molecule has 0 bridgehead atoms. The monoisotopic (exact) mass is 266 g/mol. The number of benzene rings is 1. The summed E-state index contributed by atoms with van der Waals surface area (Å²) < 4.78 is 23.8. The number of rotatable bonds is 5. The Morgan fingerprint density at radius 1 is 1.42 bits per heavy atom. The quantitative estimate of drug-likeness (QED) is 0.900. The fraction of sp³-hybridized carbons (Fsp3) is 0.385. The van der Waals surface area contributed by atoms with Crippen molar-refractivity contribution in [1.29, 1.82) is 0 Å². The summed E-state index contributed by atoms with van der Waals surface area (Å²) in [5.74, 6) is 0.610. The largest absolute Gasteiger partial charge is 0.481 e. The van der Waals surface area contributed by atoms with Crippen molar-refractivity contribution in [3.05, 3.63) is 41.3 Å². The zero-order chi connectivity index (χ0) is 13.8. The number of aromatic nitrogens is 2. The summed E-state index contributed by atoms with van der Waals surface area (Å²) in [6.07, 6.45) is 0. The number of halogens is 1. The normalized spacial score (nSPS) is 11.0. The van der Waals surface area contributed by atoms with E-state index >= 15 is 0 Å². The molecular formula is C13H15FN2O3. The smallest absolute Gasteiger partial charge is 0.264 e. The van der Waals surface area contributed by atoms with Crippen LogP contribution >= 0.6 is 0 Å². The van der Waals surface area contributed by atoms with Gasteiger partial charge in [0.25, 0.3) is 5.89 Å². The molecule has 1 aromatic heterocycles. The summed E-state index contributed by atoms with van der Waals surface area (Å²) in [5.41, 5.74) is 0.490. The number of hydrogen-bond donors (Lipinski definition) is 1. The molecule has 5 nitrogen and oxygen atoms in total. The Hall–Kier alpha value is -1.95. The maximum Gasteiger partial charge on any atom is 0.264 e. The van der Waals surface area contributed by atoms with Crippen molar-refractivity contribution in [2.24, 2.45) is 0 Å². The van der Waals surface area contributed by atoms with Gasteiger partial charge in [0.15, 0.2) is 24.0 Å². The van der Waals surface area contributed by atoms with Crippen molar-refractivity contribution < 1.29 is 18.8 Å². The number of nitrogens with zero attached hydrogens (tertiary/aromatic N) is 2. The lowest BCUT2D eigenvalue weighted by atomic mass is 10.2. The molecule has 1 aromatic carbocycles. The maximum absolute atomic E-state index is 13.6. The fourth-order valence-corrected chi connectivity index (χ4v) is 1.46. The first-order valence-electron chi connectivity index (χ1n) is 5.94. The summed E-state index contributed by atoms with van der Waals surface area (Å²) in [4.78, 5) is 4.12. The first-order valence-corrected chi connectivity index (χ1v) is 5.94. The highest BCUT2D eigenvalue weighted by Gasteiger charge is 2.11. The van der Waals surface area contributed by atoms with Crippen LogP contribution in [0.15, 0.2) is 22.7 Å². The third-order valence-electron chi connectivity index (χ3n) is 2.53. The van der Waals surface area contributed by atoms with Crippen LogP contribution in [0.3, 0.4) is 0 Å². The Kier molecular flexibility index (Phi) is 4.11. The van der Waals surface area contributed by atoms with E-state index in [1.54, 1.807) is 6.07 Å². The van der Waals surface area contributed by atoms with Gasteiger partial charge in [0.05, 0.1) is 6.61 Å². The Morgan fingerprint density at radius 3 is 2.79 bits per heavy atom. The number of hydrogen-bond acceptors (Lipinski definition) is 5. The molecule has 1 heterocycles. The Bertz CT molecular complexity index is 555. The van der Waals surface area contributed by atoms with Gasteiger partial charge in [-0.2, -0.15) is 4.98 Å². The predicted octanol–water partition coefficient (Wildman–Crippen LogP) is 2.40. The van der Waals surface area contributed by atoms with Crippen molar-refractivity contribution >= 4 is 0 Å². The second-order valence-electron chi connectivity index (χ2n) is 4.41. The molecule has 0 fully saturated rings. The Balaban J connectivity index is 2.01. The minimum absolute atomic E-state index is 0.00904. The molecule has 0 amide bonds. The van der Waals surface area contributed by atoms with Gasteiger partial charge in [-0.3, -0.25) is 0 Å². The van der Waals surface area contributed by atoms with E-state index in [1.165, 1.54) is 12.1 Å². The molecule has 0 radical (unpaired) electrons. The zero-order valence-corrected chi connectivity index (χ0v) is 10.8. The summed E-state index contributed by atoms with van der Waals surface area (Å²) in [5, 5.41) is 12.7. The molecule has 1 N–H and O–H groups in total. The van der Waals surface area contributed by atoms with Gasteiger partial charge in [-0.15, -0.1) is 0 Å². The minimum Gasteiger partial charge on any atom is -0.481 e. The van der Waals surface area contributed by atoms with Gasteiger partial charge in [-0.1, -0.05) is 25.1 Å². The van der Waals surface area contributed by atoms with E-state index < -0.39 is 5.82 Å². The van der Waals surface area contributed by atoms with Crippen molar-refractivity contribution in [2.75, 3.05) is 0 Å². The highest BCUT2D eigenvalue weighted by atomic mass is 19.1. The highest BCUT2D eigenvalue weighted by Crippen LogP contribution is 2.19. The summed E-state index contributed by atoms with van der Waals surface area (Å²) in [7, 11) is 0. The van der Waals surface area contributed by atoms with E-state index in [2.05, 4.69) is 10.1 Å². The van der Waals surface area contributed by atoms with Crippen LogP contribution in [0.2, 0.25) is 0 Å². The van der Waals surface area contributed by atoms with Crippen LogP contribution in [0.4, 0.5) is 4.39 Å². The Labute approximate surface area is 110 Å². The van der Waals surface area contributed by atoms with Crippen molar-refractivity contribution in [2.45, 2.75) is 33.0 Å². The third-order valence-corrected chi connectivity index (χ3v) is 2.53. The van der Waals surface area contributed by atoms with Crippen molar-refractivity contribution in [3.8, 4) is 5.75 Å². The highest BCUT2D eigenvalue weighted by molar-refractivity contribution is 5.29. The molecule has 6 heteroatoms. The molecule has 2 rings (SSSR count). The predicted molar refractivity (Wildman–Crippen MR) is 65.0 cm³/mol. The van der Waals surface area contributed by atoms with Gasteiger partial charge >= 0.3 is 0 Å². The number of aliphatic hydroxyl groups excluding tert-OH is 1. The van der Waals surface area contributed by atoms with E-state index in [-0.39, 0.29) is 24.9 Å². The van der Waals surface area contributed by atoms with Crippen LogP contribution in [0.5, 0.6) is 5.75 Å². The molecule has 0 spiro atoms. The van der Waals surface area contributed by atoms with Crippen LogP contribution in [0.1, 0.15) is 37.0 Å². The van der Waals surface area contributed by atoms with Crippen LogP contribution in [-0.2, 0) is 13.2 Å². The SMILES string of the molecule is CC(C)c1noc(COc2ccc(CO)cc2F)n1. The molecule has 0 unspecified atom stereocenters. The molecule has 0 saturated heterocycles. The molecule has 102 valence electrons. The van der Waals surface area contributed by atoms with Gasteiger partial charge in [0, 0.05) is 5.92 Å². The van der Waals surface area contributed by atoms with Crippen LogP contribution < -0.4 is 4.74 Å². The third kappa shape index (κ3) is 3.29. The fourth-order valence-electron chi connectivity index (χ4n) is 1.46. The topological polar surface area (TPSA) is 68.4 Å². The molecule has 0 aliphatic carbocycles. The van der Waals surface area contributed by atoms with E-state index in [1.807, 2.05) is 13.8 Å². The van der Waals surface area contributed by atoms with Gasteiger partial charge < -0.3 is 14.4 Å². The molecule has 19 heavy (non-hydrogen) atoms. The second kappa shape index (κ2) is 5.79. The lowest BCUT2D eigenvalue weighted by molar-refractivity contribution is 0.233. The summed E-state index contributed by atoms with van der Waals surface area (Å²) >= 11 is 0. The van der Waals surface area contributed by atoms with Gasteiger partial charge in [-0.05, 0) is 17.7 Å². The van der Waals surface area contributed by atoms with Crippen molar-refractivity contribution in [1.82, 2.24) is 10.1 Å². The minimum atomic E-state index is -0.532. The van der Waals surface area contributed by atoms with E-state index in [0.717, 1.165) is 0 Å². The molecule has 2 aromatic rings. The summed E-state index contributed by atoms with van der Waals surface area (Å²) in [6, 6.07) is 4.27. The van der Waals surface area contributed by atoms with Gasteiger partial charge in [0.1, 0.15) is 0 Å². The van der Waals surface area contributed by atoms with Crippen LogP contribution in [0.25, 0.3) is 0 Å². The maximum atomic E-state index is 13.6. The molecular weight excluding hydrogens is 251 g/mol. The summed E-state index contributed by atoms with van der Waals surface area (Å²) in [6.45, 7) is 3.69. The standard InChI is InChI=1S/C13H15FN2O3/c1-8(2)13-15-12(19-16-13)7-18-11-4-3-9(6-17)5-10(11)14/h3-5,8,17H,6-7H2,1-2H3. The average molecular weight is 266 g/mol. The van der Waals surface area contributed by atoms with E-state index in [0.29, 0.717) is 17.3 Å². The second-order valence-corrected chi connectivity index (χ2v) is 4.41. The first-order chi connectivity index (χ1) is 9.10. The zero-order valence-electron chi connectivity index (χ0n) is 10.8. The van der Waals surface area contributed by atoms with Gasteiger partial charge in [0.2, 0.25) is 0 Å². The van der Waals surface area contributed by atoms with Crippen LogP contribution in [-0.4, -0.2) is 15.2 Å². The average Bonchev–Trinajstić information content (AvgIpc) is 2.86. The first kappa shape index (κ1) is 13.5. The number of ether oxygens (including phenoxy) is 1. The van der Waals surface area contributed by atoms with Gasteiger partial charge in [-0.25, -0.2) is 4.39 Å². The molecule has 0 aliphatic rings. The van der Waals surface area contributed by atoms with Crippen LogP contribution in [0, 0.1) is 5.82 Å². The molecule has 0 aliphatic heterocycles. The lowest BCUT2D eigenvalue weighted by Crippen LogP contribution is -1.99.